The molecular weight excluding hydrogens is 252 g/mol. The van der Waals surface area contributed by atoms with Gasteiger partial charge in [0.1, 0.15) is 0 Å². The monoisotopic (exact) mass is 276 g/mol. The third-order valence-corrected chi connectivity index (χ3v) is 3.73. The summed E-state index contributed by atoms with van der Waals surface area (Å²) >= 11 is 0. The maximum atomic E-state index is 12.2. The van der Waals surface area contributed by atoms with Gasteiger partial charge in [0, 0.05) is 24.3 Å². The molecule has 0 amide bonds. The van der Waals surface area contributed by atoms with Crippen LogP contribution in [-0.2, 0) is 4.74 Å². The highest BCUT2D eigenvalue weighted by Gasteiger charge is 2.16. The van der Waals surface area contributed by atoms with Crippen molar-refractivity contribution in [2.45, 2.75) is 32.2 Å². The number of ether oxygens (including phenoxy) is 1. The Morgan fingerprint density at radius 2 is 1.95 bits per heavy atom. The SMILES string of the molecule is CCCCC(N)C(=O)c1ccc(N2CCOCC2)cc1. The zero-order valence-electron chi connectivity index (χ0n) is 12.2. The van der Waals surface area contributed by atoms with E-state index in [0.29, 0.717) is 5.56 Å². The first-order chi connectivity index (χ1) is 9.72. The maximum absolute atomic E-state index is 12.2. The van der Waals surface area contributed by atoms with Gasteiger partial charge in [0.25, 0.3) is 0 Å². The Labute approximate surface area is 120 Å². The van der Waals surface area contributed by atoms with E-state index in [2.05, 4.69) is 11.8 Å². The fourth-order valence-corrected chi connectivity index (χ4v) is 2.43. The van der Waals surface area contributed by atoms with E-state index in [1.54, 1.807) is 0 Å². The molecule has 0 spiro atoms. The highest BCUT2D eigenvalue weighted by atomic mass is 16.5. The Hall–Kier alpha value is -1.39. The van der Waals surface area contributed by atoms with Crippen LogP contribution in [0.2, 0.25) is 0 Å². The molecule has 1 heterocycles. The number of ketones is 1. The molecule has 0 aromatic heterocycles. The molecule has 1 aromatic rings. The van der Waals surface area contributed by atoms with Gasteiger partial charge in [0.2, 0.25) is 0 Å². The lowest BCUT2D eigenvalue weighted by Crippen LogP contribution is -2.36. The van der Waals surface area contributed by atoms with E-state index in [-0.39, 0.29) is 11.8 Å². The second-order valence-corrected chi connectivity index (χ2v) is 5.26. The average molecular weight is 276 g/mol. The highest BCUT2D eigenvalue weighted by molar-refractivity contribution is 6.00. The standard InChI is InChI=1S/C16H24N2O2/c1-2-3-4-15(17)16(19)13-5-7-14(8-6-13)18-9-11-20-12-10-18/h5-8,15H,2-4,9-12,17H2,1H3. The minimum Gasteiger partial charge on any atom is -0.378 e. The maximum Gasteiger partial charge on any atom is 0.179 e. The number of anilines is 1. The summed E-state index contributed by atoms with van der Waals surface area (Å²) in [7, 11) is 0. The zero-order chi connectivity index (χ0) is 14.4. The molecule has 110 valence electrons. The Morgan fingerprint density at radius 3 is 2.55 bits per heavy atom. The Morgan fingerprint density at radius 1 is 1.30 bits per heavy atom. The van der Waals surface area contributed by atoms with Crippen LogP contribution in [0.5, 0.6) is 0 Å². The smallest absolute Gasteiger partial charge is 0.179 e. The summed E-state index contributed by atoms with van der Waals surface area (Å²) in [5.41, 5.74) is 7.80. The molecule has 1 fully saturated rings. The van der Waals surface area contributed by atoms with Gasteiger partial charge in [0.05, 0.1) is 19.3 Å². The van der Waals surface area contributed by atoms with Crippen molar-refractivity contribution in [2.24, 2.45) is 5.73 Å². The van der Waals surface area contributed by atoms with Crippen LogP contribution in [0.15, 0.2) is 24.3 Å². The van der Waals surface area contributed by atoms with Gasteiger partial charge in [-0.05, 0) is 30.7 Å². The number of hydrogen-bond donors (Lipinski definition) is 1. The van der Waals surface area contributed by atoms with E-state index in [0.717, 1.165) is 51.3 Å². The first-order valence-corrected chi connectivity index (χ1v) is 7.45. The van der Waals surface area contributed by atoms with Crippen LogP contribution in [0, 0.1) is 0 Å². The molecule has 2 N–H and O–H groups in total. The number of nitrogens with two attached hydrogens (primary N) is 1. The predicted octanol–water partition coefficient (Wildman–Crippen LogP) is 2.22. The molecule has 20 heavy (non-hydrogen) atoms. The second kappa shape index (κ2) is 7.41. The van der Waals surface area contributed by atoms with Crippen molar-refractivity contribution in [1.29, 1.82) is 0 Å². The van der Waals surface area contributed by atoms with Crippen LogP contribution >= 0.6 is 0 Å². The second-order valence-electron chi connectivity index (χ2n) is 5.26. The van der Waals surface area contributed by atoms with E-state index in [9.17, 15) is 4.79 Å². The van der Waals surface area contributed by atoms with Crippen molar-refractivity contribution < 1.29 is 9.53 Å². The van der Waals surface area contributed by atoms with Gasteiger partial charge in [-0.15, -0.1) is 0 Å². The van der Waals surface area contributed by atoms with E-state index in [1.165, 1.54) is 0 Å². The molecule has 1 atom stereocenters. The molecule has 1 unspecified atom stereocenters. The number of Topliss-reactive ketones (excluding diaryl/α,β-unsaturated/α-hetero) is 1. The minimum atomic E-state index is -0.371. The van der Waals surface area contributed by atoms with Crippen LogP contribution in [0.1, 0.15) is 36.5 Å². The van der Waals surface area contributed by atoms with Gasteiger partial charge in [0.15, 0.2) is 5.78 Å². The fraction of sp³-hybridized carbons (Fsp3) is 0.562. The topological polar surface area (TPSA) is 55.6 Å². The van der Waals surface area contributed by atoms with Crippen LogP contribution in [-0.4, -0.2) is 38.1 Å². The van der Waals surface area contributed by atoms with E-state index < -0.39 is 0 Å². The van der Waals surface area contributed by atoms with E-state index >= 15 is 0 Å². The summed E-state index contributed by atoms with van der Waals surface area (Å²) in [6, 6.07) is 7.41. The number of hydrogen-bond acceptors (Lipinski definition) is 4. The summed E-state index contributed by atoms with van der Waals surface area (Å²) in [5, 5.41) is 0. The van der Waals surface area contributed by atoms with Gasteiger partial charge < -0.3 is 15.4 Å². The number of carbonyl (C=O) groups excluding carboxylic acids is 1. The predicted molar refractivity (Wildman–Crippen MR) is 81.3 cm³/mol. The summed E-state index contributed by atoms with van der Waals surface area (Å²) in [6.07, 6.45) is 2.83. The van der Waals surface area contributed by atoms with Crippen LogP contribution in [0.25, 0.3) is 0 Å². The minimum absolute atomic E-state index is 0.0481. The number of unbranched alkanes of at least 4 members (excludes halogenated alkanes) is 1. The van der Waals surface area contributed by atoms with E-state index in [4.69, 9.17) is 10.5 Å². The summed E-state index contributed by atoms with van der Waals surface area (Å²) in [4.78, 5) is 14.5. The van der Waals surface area contributed by atoms with Crippen molar-refractivity contribution in [3.05, 3.63) is 29.8 Å². The van der Waals surface area contributed by atoms with Gasteiger partial charge in [-0.1, -0.05) is 19.8 Å². The number of morpholine rings is 1. The van der Waals surface area contributed by atoms with Gasteiger partial charge in [-0.3, -0.25) is 4.79 Å². The molecule has 0 radical (unpaired) electrons. The van der Waals surface area contributed by atoms with Crippen LogP contribution in [0.4, 0.5) is 5.69 Å². The quantitative estimate of drug-likeness (QED) is 0.809. The largest absolute Gasteiger partial charge is 0.378 e. The lowest BCUT2D eigenvalue weighted by Gasteiger charge is -2.28. The molecular formula is C16H24N2O2. The van der Waals surface area contributed by atoms with Crippen LogP contribution in [0.3, 0.4) is 0 Å². The summed E-state index contributed by atoms with van der Waals surface area (Å²) < 4.78 is 5.34. The van der Waals surface area contributed by atoms with Crippen molar-refractivity contribution in [2.75, 3.05) is 31.2 Å². The lowest BCUT2D eigenvalue weighted by atomic mass is 10.00. The number of nitrogens with zero attached hydrogens (tertiary/aromatic N) is 1. The molecule has 4 heteroatoms. The molecule has 0 bridgehead atoms. The molecule has 0 aliphatic carbocycles. The van der Waals surface area contributed by atoms with Crippen molar-refractivity contribution in [3.8, 4) is 0 Å². The molecule has 1 aromatic carbocycles. The summed E-state index contributed by atoms with van der Waals surface area (Å²) in [6.45, 7) is 5.45. The third-order valence-electron chi connectivity index (χ3n) is 3.73. The Kier molecular flexibility index (Phi) is 5.56. The molecule has 1 aliphatic heterocycles. The normalized spacial score (nSPS) is 17.0. The van der Waals surface area contributed by atoms with Crippen molar-refractivity contribution in [1.82, 2.24) is 0 Å². The summed E-state index contributed by atoms with van der Waals surface area (Å²) in [5.74, 6) is 0.0481. The van der Waals surface area contributed by atoms with Gasteiger partial charge in [-0.2, -0.15) is 0 Å². The fourth-order valence-electron chi connectivity index (χ4n) is 2.43. The molecule has 1 aliphatic rings. The van der Waals surface area contributed by atoms with Gasteiger partial charge in [-0.25, -0.2) is 0 Å². The Bertz CT molecular complexity index is 425. The van der Waals surface area contributed by atoms with E-state index in [1.807, 2.05) is 24.3 Å². The lowest BCUT2D eigenvalue weighted by molar-refractivity contribution is 0.0956. The molecule has 0 saturated carbocycles. The number of carbonyl (C=O) groups is 1. The van der Waals surface area contributed by atoms with Gasteiger partial charge >= 0.3 is 0 Å². The van der Waals surface area contributed by atoms with Crippen molar-refractivity contribution >= 4 is 11.5 Å². The average Bonchev–Trinajstić information content (AvgIpc) is 2.53. The third kappa shape index (κ3) is 3.81. The molecule has 4 nitrogen and oxygen atoms in total. The first kappa shape index (κ1) is 15.0. The van der Waals surface area contributed by atoms with Crippen molar-refractivity contribution in [3.63, 3.8) is 0 Å². The number of rotatable bonds is 6. The highest BCUT2D eigenvalue weighted by Crippen LogP contribution is 2.18. The first-order valence-electron chi connectivity index (χ1n) is 7.45. The zero-order valence-corrected chi connectivity index (χ0v) is 12.2. The number of benzene rings is 1. The molecule has 1 saturated heterocycles. The molecule has 2 rings (SSSR count). The Balaban J connectivity index is 1.98. The van der Waals surface area contributed by atoms with Crippen LogP contribution < -0.4 is 10.6 Å².